The second-order valence-corrected chi connectivity index (χ2v) is 7.53. The first kappa shape index (κ1) is 22.5. The number of carbonyl (C=O) groups is 1. The van der Waals surface area contributed by atoms with Crippen molar-refractivity contribution in [3.8, 4) is 0 Å². The van der Waals surface area contributed by atoms with Gasteiger partial charge >= 0.3 is 0 Å². The van der Waals surface area contributed by atoms with Crippen LogP contribution in [-0.2, 0) is 11.3 Å². The van der Waals surface area contributed by atoms with Crippen LogP contribution in [0.25, 0.3) is 0 Å². The predicted octanol–water partition coefficient (Wildman–Crippen LogP) is 3.87. The van der Waals surface area contributed by atoms with Crippen molar-refractivity contribution in [2.75, 3.05) is 13.1 Å². The standard InChI is InChI=1S/C18H27Cl2N3O.ClH/c1-3-12(2)17(21)18(24)22-14-6-8-23(9-7-14)11-13-4-5-15(19)16(20)10-13;/h4-5,10,12,14,17H,3,6-9,11,21H2,1-2H3,(H,22,24);1H. The summed E-state index contributed by atoms with van der Waals surface area (Å²) >= 11 is 12.0. The Hall–Kier alpha value is -0.520. The van der Waals surface area contributed by atoms with Gasteiger partial charge in [0.25, 0.3) is 0 Å². The van der Waals surface area contributed by atoms with Gasteiger partial charge in [-0.1, -0.05) is 49.5 Å². The molecule has 0 aliphatic carbocycles. The quantitative estimate of drug-likeness (QED) is 0.751. The van der Waals surface area contributed by atoms with Crippen LogP contribution in [0.3, 0.4) is 0 Å². The number of hydrogen-bond acceptors (Lipinski definition) is 3. The molecule has 1 aliphatic rings. The van der Waals surface area contributed by atoms with Crippen molar-refractivity contribution in [1.82, 2.24) is 10.2 Å². The number of nitrogens with two attached hydrogens (primary N) is 1. The maximum atomic E-state index is 12.2. The van der Waals surface area contributed by atoms with Gasteiger partial charge in [-0.15, -0.1) is 12.4 Å². The van der Waals surface area contributed by atoms with Crippen molar-refractivity contribution >= 4 is 41.5 Å². The number of amides is 1. The third-order valence-electron chi connectivity index (χ3n) is 4.88. The molecule has 4 nitrogen and oxygen atoms in total. The Bertz CT molecular complexity index is 562. The van der Waals surface area contributed by atoms with Crippen molar-refractivity contribution in [3.63, 3.8) is 0 Å². The Kier molecular flexibility index (Phi) is 9.54. The lowest BCUT2D eigenvalue weighted by molar-refractivity contribution is -0.124. The molecule has 0 aromatic heterocycles. The molecule has 3 N–H and O–H groups in total. The molecule has 0 saturated carbocycles. The van der Waals surface area contributed by atoms with Crippen LogP contribution in [0.4, 0.5) is 0 Å². The van der Waals surface area contributed by atoms with E-state index in [1.165, 1.54) is 0 Å². The topological polar surface area (TPSA) is 58.4 Å². The van der Waals surface area contributed by atoms with Gasteiger partial charge in [0, 0.05) is 25.7 Å². The molecule has 2 rings (SSSR count). The summed E-state index contributed by atoms with van der Waals surface area (Å²) in [6.45, 7) is 6.82. The monoisotopic (exact) mass is 407 g/mol. The molecule has 1 heterocycles. The SMILES string of the molecule is CCC(C)C(N)C(=O)NC1CCN(Cc2ccc(Cl)c(Cl)c2)CC1.Cl. The van der Waals surface area contributed by atoms with Crippen LogP contribution < -0.4 is 11.1 Å². The first-order valence-electron chi connectivity index (χ1n) is 8.63. The van der Waals surface area contributed by atoms with Crippen LogP contribution in [0.5, 0.6) is 0 Å². The fourth-order valence-corrected chi connectivity index (χ4v) is 3.26. The van der Waals surface area contributed by atoms with Crippen LogP contribution in [0.2, 0.25) is 10.0 Å². The molecular formula is C18H28Cl3N3O. The largest absolute Gasteiger partial charge is 0.352 e. The molecule has 1 saturated heterocycles. The Morgan fingerprint density at radius 2 is 1.96 bits per heavy atom. The number of hydrogen-bond donors (Lipinski definition) is 2. The highest BCUT2D eigenvalue weighted by Gasteiger charge is 2.25. The highest BCUT2D eigenvalue weighted by molar-refractivity contribution is 6.42. The summed E-state index contributed by atoms with van der Waals surface area (Å²) in [4.78, 5) is 14.5. The molecule has 25 heavy (non-hydrogen) atoms. The molecule has 142 valence electrons. The number of benzene rings is 1. The molecule has 0 bridgehead atoms. The summed E-state index contributed by atoms with van der Waals surface area (Å²) < 4.78 is 0. The van der Waals surface area contributed by atoms with E-state index in [1.807, 2.05) is 25.1 Å². The van der Waals surface area contributed by atoms with E-state index in [0.717, 1.165) is 44.5 Å². The summed E-state index contributed by atoms with van der Waals surface area (Å²) in [5.74, 6) is 0.187. The van der Waals surface area contributed by atoms with Crippen molar-refractivity contribution in [1.29, 1.82) is 0 Å². The molecule has 1 aromatic rings. The molecular weight excluding hydrogens is 381 g/mol. The molecule has 1 aliphatic heterocycles. The van der Waals surface area contributed by atoms with E-state index >= 15 is 0 Å². The number of carbonyl (C=O) groups excluding carboxylic acids is 1. The normalized spacial score (nSPS) is 18.3. The number of halogens is 3. The maximum absolute atomic E-state index is 12.2. The number of nitrogens with one attached hydrogen (secondary N) is 1. The Morgan fingerprint density at radius 3 is 2.52 bits per heavy atom. The lowest BCUT2D eigenvalue weighted by atomic mass is 9.98. The first-order chi connectivity index (χ1) is 11.4. The minimum Gasteiger partial charge on any atom is -0.352 e. The molecule has 0 spiro atoms. The minimum absolute atomic E-state index is 0. The molecule has 7 heteroatoms. The van der Waals surface area contributed by atoms with E-state index in [1.54, 1.807) is 0 Å². The average Bonchev–Trinajstić information content (AvgIpc) is 2.58. The van der Waals surface area contributed by atoms with Gasteiger partial charge in [0.2, 0.25) is 5.91 Å². The molecule has 2 unspecified atom stereocenters. The van der Waals surface area contributed by atoms with E-state index in [9.17, 15) is 4.79 Å². The zero-order valence-corrected chi connectivity index (χ0v) is 17.1. The smallest absolute Gasteiger partial charge is 0.237 e. The van der Waals surface area contributed by atoms with Crippen LogP contribution in [0, 0.1) is 5.92 Å². The molecule has 1 amide bonds. The summed E-state index contributed by atoms with van der Waals surface area (Å²) in [5, 5.41) is 4.28. The van der Waals surface area contributed by atoms with Crippen molar-refractivity contribution in [3.05, 3.63) is 33.8 Å². The van der Waals surface area contributed by atoms with Crippen LogP contribution in [0.1, 0.15) is 38.7 Å². The van der Waals surface area contributed by atoms with E-state index in [-0.39, 0.29) is 30.3 Å². The lowest BCUT2D eigenvalue weighted by Gasteiger charge is -2.33. The second kappa shape index (κ2) is 10.6. The van der Waals surface area contributed by atoms with Crippen molar-refractivity contribution in [2.24, 2.45) is 11.7 Å². The minimum atomic E-state index is -0.413. The van der Waals surface area contributed by atoms with E-state index in [4.69, 9.17) is 28.9 Å². The van der Waals surface area contributed by atoms with Crippen molar-refractivity contribution < 1.29 is 4.79 Å². The zero-order chi connectivity index (χ0) is 17.7. The molecule has 1 aromatic carbocycles. The Morgan fingerprint density at radius 1 is 1.32 bits per heavy atom. The van der Waals surface area contributed by atoms with Crippen LogP contribution in [-0.4, -0.2) is 36.0 Å². The fraction of sp³-hybridized carbons (Fsp3) is 0.611. The third kappa shape index (κ3) is 6.61. The Labute approximate surface area is 166 Å². The summed E-state index contributed by atoms with van der Waals surface area (Å²) in [6, 6.07) is 5.57. The molecule has 2 atom stereocenters. The highest BCUT2D eigenvalue weighted by atomic mass is 35.5. The first-order valence-corrected chi connectivity index (χ1v) is 9.38. The zero-order valence-electron chi connectivity index (χ0n) is 14.8. The van der Waals surface area contributed by atoms with Gasteiger partial charge < -0.3 is 11.1 Å². The second-order valence-electron chi connectivity index (χ2n) is 6.72. The van der Waals surface area contributed by atoms with Crippen LogP contribution >= 0.6 is 35.6 Å². The van der Waals surface area contributed by atoms with Crippen molar-refractivity contribution in [2.45, 2.75) is 51.7 Å². The molecule has 0 radical (unpaired) electrons. The molecule has 1 fully saturated rings. The number of likely N-dealkylation sites (tertiary alicyclic amines) is 1. The summed E-state index contributed by atoms with van der Waals surface area (Å²) in [7, 11) is 0. The van der Waals surface area contributed by atoms with Gasteiger partial charge in [-0.25, -0.2) is 0 Å². The number of rotatable bonds is 6. The van der Waals surface area contributed by atoms with Crippen LogP contribution in [0.15, 0.2) is 18.2 Å². The number of nitrogens with zero attached hydrogens (tertiary/aromatic N) is 1. The van der Waals surface area contributed by atoms with Gasteiger partial charge in [0.05, 0.1) is 16.1 Å². The summed E-state index contributed by atoms with van der Waals surface area (Å²) in [5.41, 5.74) is 7.16. The Balaban J connectivity index is 0.00000312. The van der Waals surface area contributed by atoms with Gasteiger partial charge in [-0.05, 0) is 36.5 Å². The van der Waals surface area contributed by atoms with Gasteiger partial charge in [-0.2, -0.15) is 0 Å². The highest BCUT2D eigenvalue weighted by Crippen LogP contribution is 2.24. The van der Waals surface area contributed by atoms with E-state index in [0.29, 0.717) is 10.0 Å². The van der Waals surface area contributed by atoms with E-state index in [2.05, 4.69) is 17.1 Å². The van der Waals surface area contributed by atoms with E-state index < -0.39 is 6.04 Å². The fourth-order valence-electron chi connectivity index (χ4n) is 2.94. The lowest BCUT2D eigenvalue weighted by Crippen LogP contribution is -2.51. The van der Waals surface area contributed by atoms with Gasteiger partial charge in [0.15, 0.2) is 0 Å². The average molecular weight is 409 g/mol. The predicted molar refractivity (Wildman–Crippen MR) is 108 cm³/mol. The van der Waals surface area contributed by atoms with Gasteiger partial charge in [-0.3, -0.25) is 9.69 Å². The summed E-state index contributed by atoms with van der Waals surface area (Å²) in [6.07, 6.45) is 2.80. The number of piperidine rings is 1. The van der Waals surface area contributed by atoms with Gasteiger partial charge in [0.1, 0.15) is 0 Å². The third-order valence-corrected chi connectivity index (χ3v) is 5.62. The maximum Gasteiger partial charge on any atom is 0.237 e.